The van der Waals surface area contributed by atoms with Gasteiger partial charge in [-0.3, -0.25) is 0 Å². The van der Waals surface area contributed by atoms with Gasteiger partial charge in [0.25, 0.3) is 0 Å². The summed E-state index contributed by atoms with van der Waals surface area (Å²) in [7, 11) is 1.67. The number of ether oxygens (including phenoxy) is 3. The van der Waals surface area contributed by atoms with Crippen molar-refractivity contribution in [2.24, 2.45) is 4.99 Å². The molecular formula is C25H25NO3. The van der Waals surface area contributed by atoms with Crippen molar-refractivity contribution in [3.05, 3.63) is 89.5 Å². The van der Waals surface area contributed by atoms with Gasteiger partial charge in [0, 0.05) is 11.5 Å². The molecule has 0 spiro atoms. The molecule has 1 heterocycles. The van der Waals surface area contributed by atoms with Gasteiger partial charge < -0.3 is 14.2 Å². The van der Waals surface area contributed by atoms with Gasteiger partial charge in [0.1, 0.15) is 17.6 Å². The maximum atomic E-state index is 6.52. The molecule has 29 heavy (non-hydrogen) atoms. The molecule has 0 saturated carbocycles. The van der Waals surface area contributed by atoms with E-state index in [4.69, 9.17) is 19.2 Å². The molecule has 148 valence electrons. The lowest BCUT2D eigenvalue weighted by molar-refractivity contribution is 0.169. The number of methoxy groups -OCH3 is 1. The molecule has 0 radical (unpaired) electrons. The van der Waals surface area contributed by atoms with Crippen molar-refractivity contribution in [2.75, 3.05) is 13.7 Å². The van der Waals surface area contributed by atoms with Crippen LogP contribution < -0.4 is 9.47 Å². The zero-order chi connectivity index (χ0) is 20.2. The molecule has 0 amide bonds. The van der Waals surface area contributed by atoms with Crippen LogP contribution in [-0.4, -0.2) is 19.6 Å². The Morgan fingerprint density at radius 2 is 1.66 bits per heavy atom. The van der Waals surface area contributed by atoms with E-state index in [9.17, 15) is 0 Å². The Morgan fingerprint density at radius 1 is 0.931 bits per heavy atom. The molecule has 0 fully saturated rings. The van der Waals surface area contributed by atoms with Gasteiger partial charge in [0.15, 0.2) is 0 Å². The standard InChI is InChI=1S/C25H25NO3/c1-4-28-21-14-15-23-22(16-21)17(2)24(18-10-12-20(27-3)13-11-18)29-25(26-23)19-8-6-5-7-9-19/h5-17,24H,4H2,1-3H3/t17-,24-/m1/s1. The van der Waals surface area contributed by atoms with E-state index in [1.54, 1.807) is 7.11 Å². The lowest BCUT2D eigenvalue weighted by atomic mass is 9.89. The van der Waals surface area contributed by atoms with Crippen molar-refractivity contribution in [1.82, 2.24) is 0 Å². The van der Waals surface area contributed by atoms with Crippen LogP contribution in [0.2, 0.25) is 0 Å². The molecule has 0 N–H and O–H groups in total. The first-order valence-electron chi connectivity index (χ1n) is 9.91. The highest BCUT2D eigenvalue weighted by Gasteiger charge is 2.30. The Balaban J connectivity index is 1.82. The molecule has 0 unspecified atom stereocenters. The third kappa shape index (κ3) is 3.97. The van der Waals surface area contributed by atoms with Crippen molar-refractivity contribution in [1.29, 1.82) is 0 Å². The van der Waals surface area contributed by atoms with Crippen LogP contribution in [0.3, 0.4) is 0 Å². The first-order valence-corrected chi connectivity index (χ1v) is 9.91. The summed E-state index contributed by atoms with van der Waals surface area (Å²) in [5, 5.41) is 0. The fourth-order valence-electron chi connectivity index (χ4n) is 3.64. The summed E-state index contributed by atoms with van der Waals surface area (Å²) in [5.74, 6) is 2.39. The SMILES string of the molecule is CCOc1ccc2c(c1)[C@@H](C)[C@H](c1ccc(OC)cc1)OC(c1ccccc1)=N2. The number of aliphatic imine (C=N–C) groups is 1. The highest BCUT2D eigenvalue weighted by Crippen LogP contribution is 2.43. The van der Waals surface area contributed by atoms with Gasteiger partial charge in [0.05, 0.1) is 19.4 Å². The van der Waals surface area contributed by atoms with E-state index in [-0.39, 0.29) is 12.0 Å². The fourth-order valence-corrected chi connectivity index (χ4v) is 3.64. The zero-order valence-corrected chi connectivity index (χ0v) is 17.0. The smallest absolute Gasteiger partial charge is 0.221 e. The van der Waals surface area contributed by atoms with E-state index in [0.717, 1.165) is 33.9 Å². The number of benzene rings is 3. The number of hydrogen-bond donors (Lipinski definition) is 0. The molecule has 1 aliphatic heterocycles. The third-order valence-corrected chi connectivity index (χ3v) is 5.18. The second kappa shape index (κ2) is 8.39. The molecule has 2 atom stereocenters. The first-order chi connectivity index (χ1) is 14.2. The van der Waals surface area contributed by atoms with Crippen molar-refractivity contribution in [3.63, 3.8) is 0 Å². The topological polar surface area (TPSA) is 40.0 Å². The van der Waals surface area contributed by atoms with Gasteiger partial charge in [-0.05, 0) is 60.5 Å². The molecule has 0 aromatic heterocycles. The van der Waals surface area contributed by atoms with Gasteiger partial charge >= 0.3 is 0 Å². The summed E-state index contributed by atoms with van der Waals surface area (Å²) < 4.78 is 17.6. The Labute approximate surface area is 171 Å². The van der Waals surface area contributed by atoms with Crippen molar-refractivity contribution in [3.8, 4) is 11.5 Å². The Hall–Kier alpha value is -3.27. The van der Waals surface area contributed by atoms with Crippen LogP contribution in [0.15, 0.2) is 77.8 Å². The minimum absolute atomic E-state index is 0.0868. The Morgan fingerprint density at radius 3 is 2.34 bits per heavy atom. The van der Waals surface area contributed by atoms with E-state index < -0.39 is 0 Å². The van der Waals surface area contributed by atoms with Crippen LogP contribution in [-0.2, 0) is 4.74 Å². The largest absolute Gasteiger partial charge is 0.497 e. The van der Waals surface area contributed by atoms with E-state index in [1.165, 1.54) is 0 Å². The summed E-state index contributed by atoms with van der Waals surface area (Å²) in [6.45, 7) is 4.79. The number of rotatable bonds is 5. The second-order valence-electron chi connectivity index (χ2n) is 7.04. The first kappa shape index (κ1) is 19.1. The molecule has 0 bridgehead atoms. The minimum atomic E-state index is -0.182. The highest BCUT2D eigenvalue weighted by molar-refractivity contribution is 5.96. The van der Waals surface area contributed by atoms with Crippen LogP contribution in [0, 0.1) is 0 Å². The second-order valence-corrected chi connectivity index (χ2v) is 7.04. The van der Waals surface area contributed by atoms with Crippen LogP contribution in [0.1, 0.15) is 42.6 Å². The van der Waals surface area contributed by atoms with Gasteiger partial charge in [-0.15, -0.1) is 0 Å². The van der Waals surface area contributed by atoms with E-state index in [1.807, 2.05) is 61.5 Å². The van der Waals surface area contributed by atoms with E-state index in [0.29, 0.717) is 12.5 Å². The van der Waals surface area contributed by atoms with E-state index in [2.05, 4.69) is 25.1 Å². The summed E-state index contributed by atoms with van der Waals surface area (Å²) in [5.41, 5.74) is 4.06. The Bertz CT molecular complexity index is 996. The van der Waals surface area contributed by atoms with Crippen LogP contribution in [0.5, 0.6) is 11.5 Å². The zero-order valence-electron chi connectivity index (χ0n) is 17.0. The fraction of sp³-hybridized carbons (Fsp3) is 0.240. The quantitative estimate of drug-likeness (QED) is 0.535. The molecule has 3 aromatic carbocycles. The lowest BCUT2D eigenvalue weighted by Gasteiger charge is -2.25. The van der Waals surface area contributed by atoms with Crippen LogP contribution in [0.4, 0.5) is 5.69 Å². The van der Waals surface area contributed by atoms with Crippen molar-refractivity contribution < 1.29 is 14.2 Å². The van der Waals surface area contributed by atoms with E-state index >= 15 is 0 Å². The number of nitrogens with zero attached hydrogens (tertiary/aromatic N) is 1. The molecule has 4 nitrogen and oxygen atoms in total. The predicted octanol–water partition coefficient (Wildman–Crippen LogP) is 6.05. The maximum Gasteiger partial charge on any atom is 0.221 e. The molecule has 4 heteroatoms. The normalized spacial score (nSPS) is 18.1. The predicted molar refractivity (Wildman–Crippen MR) is 115 cm³/mol. The van der Waals surface area contributed by atoms with Gasteiger partial charge in [-0.2, -0.15) is 0 Å². The molecular weight excluding hydrogens is 362 g/mol. The number of hydrogen-bond acceptors (Lipinski definition) is 4. The summed E-state index contributed by atoms with van der Waals surface area (Å²) in [6, 6.07) is 24.1. The van der Waals surface area contributed by atoms with Crippen LogP contribution >= 0.6 is 0 Å². The lowest BCUT2D eigenvalue weighted by Crippen LogP contribution is -2.16. The average Bonchev–Trinajstić information content (AvgIpc) is 2.91. The van der Waals surface area contributed by atoms with Gasteiger partial charge in [-0.1, -0.05) is 37.3 Å². The van der Waals surface area contributed by atoms with Crippen molar-refractivity contribution >= 4 is 11.6 Å². The molecule has 3 aromatic rings. The molecule has 0 saturated heterocycles. The summed E-state index contributed by atoms with van der Waals surface area (Å²) >= 11 is 0. The maximum absolute atomic E-state index is 6.52. The van der Waals surface area contributed by atoms with Gasteiger partial charge in [0.2, 0.25) is 5.90 Å². The molecule has 4 rings (SSSR count). The highest BCUT2D eigenvalue weighted by atomic mass is 16.5. The average molecular weight is 387 g/mol. The minimum Gasteiger partial charge on any atom is -0.497 e. The van der Waals surface area contributed by atoms with Crippen molar-refractivity contribution in [2.45, 2.75) is 25.9 Å². The summed E-state index contributed by atoms with van der Waals surface area (Å²) in [6.07, 6.45) is -0.182. The number of fused-ring (bicyclic) bond motifs is 1. The monoisotopic (exact) mass is 387 g/mol. The third-order valence-electron chi connectivity index (χ3n) is 5.18. The molecule has 0 aliphatic carbocycles. The summed E-state index contributed by atoms with van der Waals surface area (Å²) in [4.78, 5) is 4.88. The molecule has 1 aliphatic rings. The van der Waals surface area contributed by atoms with Gasteiger partial charge in [-0.25, -0.2) is 4.99 Å². The Kier molecular flexibility index (Phi) is 5.52. The van der Waals surface area contributed by atoms with Crippen LogP contribution in [0.25, 0.3) is 0 Å².